The second-order valence-corrected chi connectivity index (χ2v) is 4.88. The lowest BCUT2D eigenvalue weighted by atomic mass is 9.89. The van der Waals surface area contributed by atoms with E-state index in [1.807, 2.05) is 30.3 Å². The van der Waals surface area contributed by atoms with Crippen LogP contribution in [0.4, 0.5) is 5.69 Å². The first kappa shape index (κ1) is 11.6. The molecule has 4 N–H and O–H groups in total. The van der Waals surface area contributed by atoms with Crippen LogP contribution in [0.3, 0.4) is 0 Å². The largest absolute Gasteiger partial charge is 0.325 e. The van der Waals surface area contributed by atoms with Crippen molar-refractivity contribution in [2.45, 2.75) is 18.5 Å². The Morgan fingerprint density at radius 1 is 1.22 bits per heavy atom. The van der Waals surface area contributed by atoms with E-state index in [0.29, 0.717) is 12.0 Å². The van der Waals surface area contributed by atoms with E-state index >= 15 is 0 Å². The third-order valence-corrected chi connectivity index (χ3v) is 3.71. The molecule has 3 atom stereocenters. The van der Waals surface area contributed by atoms with Crippen molar-refractivity contribution in [3.63, 3.8) is 0 Å². The third kappa shape index (κ3) is 2.25. The minimum Gasteiger partial charge on any atom is -0.325 e. The Kier molecular flexibility index (Phi) is 3.27. The lowest BCUT2D eigenvalue weighted by molar-refractivity contribution is -0.118. The monoisotopic (exact) mass is 246 g/mol. The van der Waals surface area contributed by atoms with Crippen molar-refractivity contribution in [3.8, 4) is 0 Å². The van der Waals surface area contributed by atoms with Gasteiger partial charge in [-0.1, -0.05) is 18.2 Å². The predicted molar refractivity (Wildman–Crippen MR) is 69.9 cm³/mol. The number of carbonyl (C=O) groups excluding carboxylic acids is 1. The molecule has 0 aromatic heterocycles. The minimum atomic E-state index is -0.164. The van der Waals surface area contributed by atoms with Crippen molar-refractivity contribution < 1.29 is 4.79 Å². The van der Waals surface area contributed by atoms with Gasteiger partial charge in [-0.2, -0.15) is 0 Å². The van der Waals surface area contributed by atoms with Crippen LogP contribution >= 0.6 is 0 Å². The van der Waals surface area contributed by atoms with Gasteiger partial charge in [0.05, 0.1) is 0 Å². The number of carbonyl (C=O) groups is 1. The molecule has 1 amide bonds. The Morgan fingerprint density at radius 2 is 2.06 bits per heavy atom. The van der Waals surface area contributed by atoms with E-state index in [9.17, 15) is 4.79 Å². The molecule has 0 saturated carbocycles. The highest BCUT2D eigenvalue weighted by atomic mass is 16.2. The van der Waals surface area contributed by atoms with Crippen molar-refractivity contribution >= 4 is 11.6 Å². The molecular formula is C13H18N4O. The number of para-hydroxylation sites is 1. The van der Waals surface area contributed by atoms with E-state index in [4.69, 9.17) is 0 Å². The highest BCUT2D eigenvalue weighted by Crippen LogP contribution is 2.21. The van der Waals surface area contributed by atoms with Gasteiger partial charge in [-0.05, 0) is 25.1 Å². The summed E-state index contributed by atoms with van der Waals surface area (Å²) in [5, 5.41) is 6.29. The van der Waals surface area contributed by atoms with Crippen LogP contribution in [-0.2, 0) is 4.79 Å². The normalized spacial score (nSPS) is 30.8. The van der Waals surface area contributed by atoms with Crippen LogP contribution in [0.15, 0.2) is 30.3 Å². The summed E-state index contributed by atoms with van der Waals surface area (Å²) in [6, 6.07) is 9.81. The number of hydrogen-bond acceptors (Lipinski definition) is 4. The van der Waals surface area contributed by atoms with Gasteiger partial charge in [-0.15, -0.1) is 0 Å². The maximum absolute atomic E-state index is 12.2. The molecule has 2 heterocycles. The van der Waals surface area contributed by atoms with Crippen molar-refractivity contribution in [3.05, 3.63) is 30.3 Å². The number of piperidine rings is 1. The van der Waals surface area contributed by atoms with E-state index in [0.717, 1.165) is 25.2 Å². The van der Waals surface area contributed by atoms with E-state index < -0.39 is 0 Å². The maximum atomic E-state index is 12.2. The Morgan fingerprint density at radius 3 is 2.89 bits per heavy atom. The molecule has 0 radical (unpaired) electrons. The molecule has 2 fully saturated rings. The molecule has 3 unspecified atom stereocenters. The molecule has 3 rings (SSSR count). The topological polar surface area (TPSA) is 65.2 Å². The van der Waals surface area contributed by atoms with E-state index in [1.54, 1.807) is 0 Å². The fourth-order valence-electron chi connectivity index (χ4n) is 2.72. The fourth-order valence-corrected chi connectivity index (χ4v) is 2.72. The second-order valence-electron chi connectivity index (χ2n) is 4.88. The molecule has 1 aromatic carbocycles. The zero-order valence-corrected chi connectivity index (χ0v) is 10.1. The predicted octanol–water partition coefficient (Wildman–Crippen LogP) is 0.0796. The number of anilines is 1. The third-order valence-electron chi connectivity index (χ3n) is 3.71. The molecule has 96 valence electrons. The van der Waals surface area contributed by atoms with Crippen LogP contribution in [0.1, 0.15) is 6.42 Å². The van der Waals surface area contributed by atoms with Crippen LogP contribution in [-0.4, -0.2) is 31.1 Å². The smallest absolute Gasteiger partial charge is 0.243 e. The van der Waals surface area contributed by atoms with E-state index in [2.05, 4.69) is 21.5 Å². The Labute approximate surface area is 106 Å². The molecular weight excluding hydrogens is 228 g/mol. The summed E-state index contributed by atoms with van der Waals surface area (Å²) >= 11 is 0. The summed E-state index contributed by atoms with van der Waals surface area (Å²) in [7, 11) is 0. The first-order valence-electron chi connectivity index (χ1n) is 6.42. The van der Waals surface area contributed by atoms with Crippen LogP contribution < -0.4 is 21.5 Å². The van der Waals surface area contributed by atoms with Gasteiger partial charge in [0, 0.05) is 24.2 Å². The summed E-state index contributed by atoms with van der Waals surface area (Å²) in [4.78, 5) is 12.2. The fraction of sp³-hybridized carbons (Fsp3) is 0.462. The van der Waals surface area contributed by atoms with Gasteiger partial charge in [-0.3, -0.25) is 10.2 Å². The standard InChI is InChI=1S/C13H18N4O/c18-13(15-9-4-2-1-3-5-9)12-10-8-14-7-6-11(10)16-17-12/h1-5,10-12,14,16-17H,6-8H2,(H,15,18). The van der Waals surface area contributed by atoms with Gasteiger partial charge in [0.15, 0.2) is 0 Å². The summed E-state index contributed by atoms with van der Waals surface area (Å²) in [5.41, 5.74) is 7.19. The summed E-state index contributed by atoms with van der Waals surface area (Å²) < 4.78 is 0. The first-order valence-corrected chi connectivity index (χ1v) is 6.42. The van der Waals surface area contributed by atoms with Gasteiger partial charge in [0.1, 0.15) is 6.04 Å². The molecule has 0 spiro atoms. The lowest BCUT2D eigenvalue weighted by Gasteiger charge is -2.27. The quantitative estimate of drug-likeness (QED) is 0.597. The van der Waals surface area contributed by atoms with Crippen LogP contribution in [0, 0.1) is 5.92 Å². The maximum Gasteiger partial charge on any atom is 0.243 e. The summed E-state index contributed by atoms with van der Waals surface area (Å²) in [5.74, 6) is 0.354. The summed E-state index contributed by atoms with van der Waals surface area (Å²) in [6.45, 7) is 1.90. The van der Waals surface area contributed by atoms with E-state index in [-0.39, 0.29) is 11.9 Å². The number of hydrogen-bond donors (Lipinski definition) is 4. The average molecular weight is 246 g/mol. The number of amides is 1. The summed E-state index contributed by atoms with van der Waals surface area (Å²) in [6.07, 6.45) is 1.06. The van der Waals surface area contributed by atoms with Gasteiger partial charge in [0.2, 0.25) is 5.91 Å². The van der Waals surface area contributed by atoms with Crippen molar-refractivity contribution in [2.24, 2.45) is 5.92 Å². The number of rotatable bonds is 2. The van der Waals surface area contributed by atoms with Crippen LogP contribution in [0.5, 0.6) is 0 Å². The molecule has 0 bridgehead atoms. The van der Waals surface area contributed by atoms with Gasteiger partial charge < -0.3 is 10.6 Å². The Balaban J connectivity index is 1.66. The Hall–Kier alpha value is -1.43. The molecule has 2 saturated heterocycles. The molecule has 18 heavy (non-hydrogen) atoms. The van der Waals surface area contributed by atoms with Crippen LogP contribution in [0.25, 0.3) is 0 Å². The van der Waals surface area contributed by atoms with Crippen LogP contribution in [0.2, 0.25) is 0 Å². The average Bonchev–Trinajstić information content (AvgIpc) is 2.84. The van der Waals surface area contributed by atoms with Gasteiger partial charge >= 0.3 is 0 Å². The number of hydrazine groups is 1. The van der Waals surface area contributed by atoms with Gasteiger partial charge in [0.25, 0.3) is 0 Å². The zero-order chi connectivity index (χ0) is 12.4. The minimum absolute atomic E-state index is 0.0323. The SMILES string of the molecule is O=C(Nc1ccccc1)C1NNC2CCNCC21. The molecule has 5 heteroatoms. The van der Waals surface area contributed by atoms with Crippen molar-refractivity contribution in [1.29, 1.82) is 0 Å². The lowest BCUT2D eigenvalue weighted by Crippen LogP contribution is -2.47. The van der Waals surface area contributed by atoms with E-state index in [1.165, 1.54) is 0 Å². The Bertz CT molecular complexity index is 422. The highest BCUT2D eigenvalue weighted by molar-refractivity contribution is 5.95. The molecule has 2 aliphatic rings. The highest BCUT2D eigenvalue weighted by Gasteiger charge is 2.40. The second kappa shape index (κ2) is 5.06. The van der Waals surface area contributed by atoms with Gasteiger partial charge in [-0.25, -0.2) is 5.43 Å². The molecule has 2 aliphatic heterocycles. The van der Waals surface area contributed by atoms with Crippen molar-refractivity contribution in [1.82, 2.24) is 16.2 Å². The number of fused-ring (bicyclic) bond motifs is 1. The number of nitrogens with one attached hydrogen (secondary N) is 4. The first-order chi connectivity index (χ1) is 8.84. The number of benzene rings is 1. The molecule has 5 nitrogen and oxygen atoms in total. The molecule has 0 aliphatic carbocycles. The molecule has 1 aromatic rings. The van der Waals surface area contributed by atoms with Crippen molar-refractivity contribution in [2.75, 3.05) is 18.4 Å². The zero-order valence-electron chi connectivity index (χ0n) is 10.1.